The lowest BCUT2D eigenvalue weighted by atomic mass is 10.0. The Balaban J connectivity index is 1.56. The van der Waals surface area contributed by atoms with E-state index < -0.39 is 0 Å². The van der Waals surface area contributed by atoms with Crippen molar-refractivity contribution in [2.45, 2.75) is 51.6 Å². The van der Waals surface area contributed by atoms with Crippen LogP contribution in [0.2, 0.25) is 0 Å². The van der Waals surface area contributed by atoms with Crippen molar-refractivity contribution in [1.82, 2.24) is 14.5 Å². The summed E-state index contributed by atoms with van der Waals surface area (Å²) in [5.74, 6) is 1.68. The molecular weight excluding hydrogens is 312 g/mol. The van der Waals surface area contributed by atoms with Crippen LogP contribution < -0.4 is 5.32 Å². The van der Waals surface area contributed by atoms with Gasteiger partial charge < -0.3 is 9.88 Å². The number of aromatic nitrogens is 2. The fourth-order valence-electron chi connectivity index (χ4n) is 4.20. The molecule has 2 aliphatic heterocycles. The third-order valence-electron chi connectivity index (χ3n) is 5.54. The van der Waals surface area contributed by atoms with Gasteiger partial charge in [0.2, 0.25) is 5.91 Å². The van der Waals surface area contributed by atoms with E-state index in [9.17, 15) is 4.79 Å². The summed E-state index contributed by atoms with van der Waals surface area (Å²) >= 11 is 0. The zero-order valence-corrected chi connectivity index (χ0v) is 15.2. The highest BCUT2D eigenvalue weighted by atomic mass is 16.2. The standard InChI is InChI=1S/C20H26N4O/c1-13(2)19-21-16-12-24(11-10-17(16)23(19)3)18-9-8-14-6-4-5-7-15(14)22-20(18)25/h4-7,13,18H,8-12H2,1-3H3,(H,22,25). The summed E-state index contributed by atoms with van der Waals surface area (Å²) in [5.41, 5.74) is 4.67. The summed E-state index contributed by atoms with van der Waals surface area (Å²) in [4.78, 5) is 20.0. The topological polar surface area (TPSA) is 50.2 Å². The van der Waals surface area contributed by atoms with Crippen molar-refractivity contribution in [2.24, 2.45) is 7.05 Å². The highest BCUT2D eigenvalue weighted by molar-refractivity contribution is 5.96. The van der Waals surface area contributed by atoms with E-state index in [0.717, 1.165) is 49.6 Å². The van der Waals surface area contributed by atoms with Gasteiger partial charge >= 0.3 is 0 Å². The second-order valence-electron chi connectivity index (χ2n) is 7.50. The van der Waals surface area contributed by atoms with E-state index in [4.69, 9.17) is 4.98 Å². The SMILES string of the molecule is CC(C)c1nc2c(n1C)CCN(C1CCc3ccccc3NC1=O)C2. The van der Waals surface area contributed by atoms with Gasteiger partial charge in [0.1, 0.15) is 5.82 Å². The largest absolute Gasteiger partial charge is 0.335 e. The summed E-state index contributed by atoms with van der Waals surface area (Å²) in [7, 11) is 2.12. The average molecular weight is 338 g/mol. The molecule has 1 aromatic carbocycles. The number of rotatable bonds is 2. The molecule has 0 saturated carbocycles. The van der Waals surface area contributed by atoms with Crippen molar-refractivity contribution in [3.05, 3.63) is 47.0 Å². The van der Waals surface area contributed by atoms with Crippen molar-refractivity contribution < 1.29 is 4.79 Å². The number of hydrogen-bond donors (Lipinski definition) is 1. The van der Waals surface area contributed by atoms with Crippen LogP contribution in [0, 0.1) is 0 Å². The number of amides is 1. The molecule has 4 rings (SSSR count). The van der Waals surface area contributed by atoms with Crippen LogP contribution >= 0.6 is 0 Å². The lowest BCUT2D eigenvalue weighted by molar-refractivity contribution is -0.121. The maximum absolute atomic E-state index is 12.8. The predicted octanol–water partition coefficient (Wildman–Crippen LogP) is 2.86. The predicted molar refractivity (Wildman–Crippen MR) is 98.6 cm³/mol. The number of aryl methyl sites for hydroxylation is 1. The molecule has 2 aromatic rings. The summed E-state index contributed by atoms with van der Waals surface area (Å²) in [6.45, 7) is 6.05. The Morgan fingerprint density at radius 1 is 1.24 bits per heavy atom. The highest BCUT2D eigenvalue weighted by Gasteiger charge is 2.33. The van der Waals surface area contributed by atoms with E-state index in [2.05, 4.69) is 41.7 Å². The van der Waals surface area contributed by atoms with E-state index in [1.165, 1.54) is 11.3 Å². The minimum Gasteiger partial charge on any atom is -0.335 e. The molecule has 2 aliphatic rings. The zero-order chi connectivity index (χ0) is 17.6. The van der Waals surface area contributed by atoms with E-state index in [1.54, 1.807) is 0 Å². The Labute approximate surface area is 149 Å². The minimum absolute atomic E-state index is 0.0787. The first kappa shape index (κ1) is 16.3. The maximum Gasteiger partial charge on any atom is 0.241 e. The van der Waals surface area contributed by atoms with Crippen LogP contribution in [0.4, 0.5) is 5.69 Å². The number of fused-ring (bicyclic) bond motifs is 2. The molecule has 0 fully saturated rings. The van der Waals surface area contributed by atoms with Gasteiger partial charge in [0.05, 0.1) is 11.7 Å². The number of nitrogens with one attached hydrogen (secondary N) is 1. The quantitative estimate of drug-likeness (QED) is 0.916. The Kier molecular flexibility index (Phi) is 4.12. The zero-order valence-electron chi connectivity index (χ0n) is 15.2. The second-order valence-corrected chi connectivity index (χ2v) is 7.50. The van der Waals surface area contributed by atoms with Crippen LogP contribution in [0.5, 0.6) is 0 Å². The molecule has 5 nitrogen and oxygen atoms in total. The van der Waals surface area contributed by atoms with Gasteiger partial charge in [-0.15, -0.1) is 0 Å². The van der Waals surface area contributed by atoms with Crippen molar-refractivity contribution in [3.8, 4) is 0 Å². The summed E-state index contributed by atoms with van der Waals surface area (Å²) < 4.78 is 2.25. The number of para-hydroxylation sites is 1. The van der Waals surface area contributed by atoms with Gasteiger partial charge in [0.15, 0.2) is 0 Å². The third kappa shape index (κ3) is 2.86. The van der Waals surface area contributed by atoms with Gasteiger partial charge in [-0.1, -0.05) is 32.0 Å². The first-order valence-corrected chi connectivity index (χ1v) is 9.21. The molecule has 1 N–H and O–H groups in total. The first-order valence-electron chi connectivity index (χ1n) is 9.21. The molecule has 1 amide bonds. The van der Waals surface area contributed by atoms with Crippen LogP contribution in [0.3, 0.4) is 0 Å². The van der Waals surface area contributed by atoms with Crippen LogP contribution in [0.25, 0.3) is 0 Å². The average Bonchev–Trinajstić information content (AvgIpc) is 2.83. The Bertz CT molecular complexity index is 808. The molecule has 0 aliphatic carbocycles. The normalized spacial score (nSPS) is 20.8. The fourth-order valence-corrected chi connectivity index (χ4v) is 4.20. The number of nitrogens with zero attached hydrogens (tertiary/aromatic N) is 3. The number of benzene rings is 1. The molecule has 0 radical (unpaired) electrons. The monoisotopic (exact) mass is 338 g/mol. The molecule has 3 heterocycles. The summed E-state index contributed by atoms with van der Waals surface area (Å²) in [5, 5.41) is 3.12. The molecule has 25 heavy (non-hydrogen) atoms. The number of hydrogen-bond acceptors (Lipinski definition) is 3. The van der Waals surface area contributed by atoms with Crippen molar-refractivity contribution in [1.29, 1.82) is 0 Å². The van der Waals surface area contributed by atoms with Crippen LogP contribution in [-0.4, -0.2) is 32.9 Å². The van der Waals surface area contributed by atoms with E-state index in [1.807, 2.05) is 18.2 Å². The Hall–Kier alpha value is -2.14. The molecule has 5 heteroatoms. The summed E-state index contributed by atoms with van der Waals surface area (Å²) in [6.07, 6.45) is 2.76. The van der Waals surface area contributed by atoms with Gasteiger partial charge in [-0.3, -0.25) is 9.69 Å². The maximum atomic E-state index is 12.8. The minimum atomic E-state index is -0.0787. The van der Waals surface area contributed by atoms with Crippen LogP contribution in [-0.2, 0) is 31.2 Å². The van der Waals surface area contributed by atoms with E-state index >= 15 is 0 Å². The number of anilines is 1. The number of imidazole rings is 1. The second kappa shape index (κ2) is 6.30. The lowest BCUT2D eigenvalue weighted by Crippen LogP contribution is -2.46. The van der Waals surface area contributed by atoms with Gasteiger partial charge in [0.25, 0.3) is 0 Å². The number of carbonyl (C=O) groups excluding carboxylic acids is 1. The van der Waals surface area contributed by atoms with Crippen molar-refractivity contribution >= 4 is 11.6 Å². The lowest BCUT2D eigenvalue weighted by Gasteiger charge is -2.32. The molecule has 132 valence electrons. The molecule has 0 bridgehead atoms. The van der Waals surface area contributed by atoms with Gasteiger partial charge in [-0.2, -0.15) is 0 Å². The van der Waals surface area contributed by atoms with Crippen molar-refractivity contribution in [2.75, 3.05) is 11.9 Å². The van der Waals surface area contributed by atoms with Gasteiger partial charge in [0, 0.05) is 43.9 Å². The smallest absolute Gasteiger partial charge is 0.241 e. The third-order valence-corrected chi connectivity index (χ3v) is 5.54. The molecular formula is C20H26N4O. The molecule has 1 aromatic heterocycles. The fraction of sp³-hybridized carbons (Fsp3) is 0.500. The number of carbonyl (C=O) groups is 1. The van der Waals surface area contributed by atoms with E-state index in [0.29, 0.717) is 5.92 Å². The Morgan fingerprint density at radius 3 is 2.84 bits per heavy atom. The van der Waals surface area contributed by atoms with Gasteiger partial charge in [-0.05, 0) is 24.5 Å². The Morgan fingerprint density at radius 2 is 2.04 bits per heavy atom. The van der Waals surface area contributed by atoms with Crippen LogP contribution in [0.1, 0.15) is 49.0 Å². The molecule has 0 saturated heterocycles. The molecule has 0 spiro atoms. The summed E-state index contributed by atoms with van der Waals surface area (Å²) in [6, 6.07) is 8.05. The van der Waals surface area contributed by atoms with Crippen LogP contribution in [0.15, 0.2) is 24.3 Å². The van der Waals surface area contributed by atoms with Crippen molar-refractivity contribution in [3.63, 3.8) is 0 Å². The molecule has 1 unspecified atom stereocenters. The van der Waals surface area contributed by atoms with E-state index in [-0.39, 0.29) is 11.9 Å². The van der Waals surface area contributed by atoms with Gasteiger partial charge in [-0.25, -0.2) is 4.98 Å². The first-order chi connectivity index (χ1) is 12.0. The molecule has 1 atom stereocenters. The highest BCUT2D eigenvalue weighted by Crippen LogP contribution is 2.28.